The molecule has 5 heteroatoms. The van der Waals surface area contributed by atoms with Gasteiger partial charge in [-0.05, 0) is 33.6 Å². The Kier molecular flexibility index (Phi) is 2.66. The zero-order chi connectivity index (χ0) is 11.9. The second kappa shape index (κ2) is 3.73. The van der Waals surface area contributed by atoms with E-state index in [1.165, 1.54) is 11.3 Å². The Bertz CT molecular complexity index is 416. The van der Waals surface area contributed by atoms with E-state index in [1.807, 2.05) is 20.8 Å². The zero-order valence-corrected chi connectivity index (χ0v) is 10.6. The summed E-state index contributed by atoms with van der Waals surface area (Å²) in [5.41, 5.74) is 6.00. The molecule has 1 aliphatic carbocycles. The second-order valence-corrected chi connectivity index (χ2v) is 6.07. The maximum atomic E-state index is 11.9. The summed E-state index contributed by atoms with van der Waals surface area (Å²) in [6, 6.07) is 0. The highest BCUT2D eigenvalue weighted by atomic mass is 32.1. The lowest BCUT2D eigenvalue weighted by atomic mass is 10.2. The first kappa shape index (κ1) is 11.4. The van der Waals surface area contributed by atoms with E-state index < -0.39 is 5.60 Å². The molecular formula is C11H16N2O2S. The number of esters is 1. The first-order valence-corrected chi connectivity index (χ1v) is 6.18. The SMILES string of the molecule is CC(C)(C)OC(=O)c1sc(N)nc1C1CC1. The Balaban J connectivity index is 2.22. The van der Waals surface area contributed by atoms with E-state index in [0.717, 1.165) is 18.5 Å². The summed E-state index contributed by atoms with van der Waals surface area (Å²) in [5.74, 6) is 0.111. The van der Waals surface area contributed by atoms with Crippen LogP contribution in [0.2, 0.25) is 0 Å². The lowest BCUT2D eigenvalue weighted by Gasteiger charge is -2.19. The summed E-state index contributed by atoms with van der Waals surface area (Å²) in [7, 11) is 0. The van der Waals surface area contributed by atoms with Crippen molar-refractivity contribution in [2.75, 3.05) is 5.73 Å². The summed E-state index contributed by atoms with van der Waals surface area (Å²) in [4.78, 5) is 16.7. The number of hydrogen-bond acceptors (Lipinski definition) is 5. The number of carbonyl (C=O) groups excluding carboxylic acids is 1. The highest BCUT2D eigenvalue weighted by Gasteiger charge is 2.33. The van der Waals surface area contributed by atoms with Crippen LogP contribution >= 0.6 is 11.3 Å². The van der Waals surface area contributed by atoms with Gasteiger partial charge >= 0.3 is 5.97 Å². The number of nitrogens with two attached hydrogens (primary N) is 1. The topological polar surface area (TPSA) is 65.2 Å². The summed E-state index contributed by atoms with van der Waals surface area (Å²) >= 11 is 1.22. The van der Waals surface area contributed by atoms with Crippen LogP contribution in [-0.4, -0.2) is 16.6 Å². The molecule has 0 aliphatic heterocycles. The molecular weight excluding hydrogens is 224 g/mol. The van der Waals surface area contributed by atoms with Gasteiger partial charge in [0.15, 0.2) is 5.13 Å². The number of nitrogens with zero attached hydrogens (tertiary/aromatic N) is 1. The van der Waals surface area contributed by atoms with Crippen LogP contribution in [0.3, 0.4) is 0 Å². The Labute approximate surface area is 98.8 Å². The van der Waals surface area contributed by atoms with Gasteiger partial charge in [0, 0.05) is 5.92 Å². The smallest absolute Gasteiger partial charge is 0.350 e. The van der Waals surface area contributed by atoms with Crippen molar-refractivity contribution >= 4 is 22.4 Å². The highest BCUT2D eigenvalue weighted by Crippen LogP contribution is 2.43. The molecule has 0 aromatic carbocycles. The number of nitrogen functional groups attached to an aromatic ring is 1. The van der Waals surface area contributed by atoms with E-state index >= 15 is 0 Å². The fraction of sp³-hybridized carbons (Fsp3) is 0.636. The van der Waals surface area contributed by atoms with Gasteiger partial charge in [0.1, 0.15) is 10.5 Å². The van der Waals surface area contributed by atoms with Crippen LogP contribution in [-0.2, 0) is 4.74 Å². The lowest BCUT2D eigenvalue weighted by molar-refractivity contribution is 0.00738. The largest absolute Gasteiger partial charge is 0.456 e. The van der Waals surface area contributed by atoms with Crippen LogP contribution in [0.25, 0.3) is 0 Å². The molecule has 2 N–H and O–H groups in total. The minimum atomic E-state index is -0.476. The molecule has 2 rings (SSSR count). The molecule has 88 valence electrons. The molecule has 4 nitrogen and oxygen atoms in total. The number of ether oxygens (including phenoxy) is 1. The van der Waals surface area contributed by atoms with Crippen LogP contribution < -0.4 is 5.73 Å². The number of carbonyl (C=O) groups is 1. The molecule has 1 aromatic heterocycles. The Morgan fingerprint density at radius 3 is 2.62 bits per heavy atom. The van der Waals surface area contributed by atoms with Crippen molar-refractivity contribution in [2.45, 2.75) is 45.1 Å². The summed E-state index contributed by atoms with van der Waals surface area (Å²) in [6.45, 7) is 5.56. The van der Waals surface area contributed by atoms with E-state index in [9.17, 15) is 4.79 Å². The molecule has 0 radical (unpaired) electrons. The standard InChI is InChI=1S/C11H16N2O2S/c1-11(2,3)15-9(14)8-7(6-4-5-6)13-10(12)16-8/h6H,4-5H2,1-3H3,(H2,12,13). The molecule has 0 spiro atoms. The van der Waals surface area contributed by atoms with Crippen LogP contribution in [0.5, 0.6) is 0 Å². The van der Waals surface area contributed by atoms with Crippen molar-refractivity contribution in [1.82, 2.24) is 4.98 Å². The lowest BCUT2D eigenvalue weighted by Crippen LogP contribution is -2.23. The van der Waals surface area contributed by atoms with Gasteiger partial charge < -0.3 is 10.5 Å². The van der Waals surface area contributed by atoms with E-state index in [1.54, 1.807) is 0 Å². The third-order valence-electron chi connectivity index (χ3n) is 2.22. The summed E-state index contributed by atoms with van der Waals surface area (Å²) in [6.07, 6.45) is 2.19. The fourth-order valence-corrected chi connectivity index (χ4v) is 2.25. The first-order chi connectivity index (χ1) is 7.37. The molecule has 1 heterocycles. The average Bonchev–Trinajstić information content (AvgIpc) is 2.87. The van der Waals surface area contributed by atoms with Gasteiger partial charge in [0.25, 0.3) is 0 Å². The molecule has 1 aliphatic rings. The van der Waals surface area contributed by atoms with Crippen LogP contribution in [0.15, 0.2) is 0 Å². The summed E-state index contributed by atoms with van der Waals surface area (Å²) in [5, 5.41) is 0.447. The highest BCUT2D eigenvalue weighted by molar-refractivity contribution is 7.17. The monoisotopic (exact) mass is 240 g/mol. The Morgan fingerprint density at radius 1 is 1.50 bits per heavy atom. The van der Waals surface area contributed by atoms with Crippen molar-refractivity contribution in [2.24, 2.45) is 0 Å². The zero-order valence-electron chi connectivity index (χ0n) is 9.74. The van der Waals surface area contributed by atoms with Gasteiger partial charge in [-0.3, -0.25) is 0 Å². The molecule has 0 unspecified atom stereocenters. The minimum Gasteiger partial charge on any atom is -0.456 e. The quantitative estimate of drug-likeness (QED) is 0.807. The molecule has 0 saturated heterocycles. The first-order valence-electron chi connectivity index (χ1n) is 5.36. The Morgan fingerprint density at radius 2 is 2.12 bits per heavy atom. The minimum absolute atomic E-state index is 0.302. The molecule has 16 heavy (non-hydrogen) atoms. The van der Waals surface area contributed by atoms with Crippen molar-refractivity contribution in [3.63, 3.8) is 0 Å². The van der Waals surface area contributed by atoms with Crippen LogP contribution in [0.4, 0.5) is 5.13 Å². The van der Waals surface area contributed by atoms with Gasteiger partial charge in [-0.15, -0.1) is 0 Å². The second-order valence-electron chi connectivity index (χ2n) is 5.04. The van der Waals surface area contributed by atoms with Crippen LogP contribution in [0, 0.1) is 0 Å². The predicted octanol–water partition coefficient (Wildman–Crippen LogP) is 2.56. The fourth-order valence-electron chi connectivity index (χ4n) is 1.45. The van der Waals surface area contributed by atoms with Gasteiger partial charge in [-0.1, -0.05) is 11.3 Å². The van der Waals surface area contributed by atoms with Gasteiger partial charge in [0.2, 0.25) is 0 Å². The van der Waals surface area contributed by atoms with Crippen molar-refractivity contribution < 1.29 is 9.53 Å². The summed E-state index contributed by atoms with van der Waals surface area (Å²) < 4.78 is 5.33. The Hall–Kier alpha value is -1.10. The number of thiazole rings is 1. The molecule has 0 bridgehead atoms. The normalized spacial score (nSPS) is 16.2. The van der Waals surface area contributed by atoms with E-state index in [0.29, 0.717) is 15.9 Å². The van der Waals surface area contributed by atoms with Crippen molar-refractivity contribution in [3.8, 4) is 0 Å². The number of anilines is 1. The van der Waals surface area contributed by atoms with Crippen LogP contribution in [0.1, 0.15) is 54.9 Å². The average molecular weight is 240 g/mol. The van der Waals surface area contributed by atoms with Crippen molar-refractivity contribution in [1.29, 1.82) is 0 Å². The van der Waals surface area contributed by atoms with Gasteiger partial charge in [-0.2, -0.15) is 0 Å². The predicted molar refractivity (Wildman–Crippen MR) is 63.7 cm³/mol. The number of hydrogen-bond donors (Lipinski definition) is 1. The van der Waals surface area contributed by atoms with Gasteiger partial charge in [0.05, 0.1) is 5.69 Å². The molecule has 0 atom stereocenters. The number of rotatable bonds is 2. The maximum absolute atomic E-state index is 11.9. The van der Waals surface area contributed by atoms with Gasteiger partial charge in [-0.25, -0.2) is 9.78 Å². The molecule has 0 amide bonds. The van der Waals surface area contributed by atoms with E-state index in [4.69, 9.17) is 10.5 Å². The third-order valence-corrected chi connectivity index (χ3v) is 3.10. The third kappa shape index (κ3) is 2.52. The van der Waals surface area contributed by atoms with E-state index in [2.05, 4.69) is 4.98 Å². The molecule has 1 saturated carbocycles. The molecule has 1 fully saturated rings. The molecule has 1 aromatic rings. The maximum Gasteiger partial charge on any atom is 0.350 e. The van der Waals surface area contributed by atoms with E-state index in [-0.39, 0.29) is 5.97 Å². The van der Waals surface area contributed by atoms with Crippen molar-refractivity contribution in [3.05, 3.63) is 10.6 Å². The number of aromatic nitrogens is 1.